The zero-order valence-electron chi connectivity index (χ0n) is 15.2. The van der Waals surface area contributed by atoms with Crippen LogP contribution in [-0.2, 0) is 11.3 Å². The number of methoxy groups -OCH3 is 1. The van der Waals surface area contributed by atoms with Crippen molar-refractivity contribution in [3.63, 3.8) is 0 Å². The molecule has 2 rings (SSSR count). The highest BCUT2D eigenvalue weighted by Crippen LogP contribution is 2.25. The van der Waals surface area contributed by atoms with E-state index < -0.39 is 0 Å². The van der Waals surface area contributed by atoms with Crippen LogP contribution in [0.5, 0.6) is 11.5 Å². The molecule has 26 heavy (non-hydrogen) atoms. The molecule has 7 nitrogen and oxygen atoms in total. The van der Waals surface area contributed by atoms with Crippen LogP contribution in [0.25, 0.3) is 0 Å². The second-order valence-corrected chi connectivity index (χ2v) is 5.96. The van der Waals surface area contributed by atoms with E-state index in [0.29, 0.717) is 22.2 Å². The summed E-state index contributed by atoms with van der Waals surface area (Å²) in [6, 6.07) is 7.10. The molecule has 0 spiro atoms. The van der Waals surface area contributed by atoms with Crippen LogP contribution in [-0.4, -0.2) is 35.6 Å². The molecule has 1 aromatic heterocycles. The number of aryl methyl sites for hydroxylation is 2. The van der Waals surface area contributed by atoms with Gasteiger partial charge in [0.15, 0.2) is 18.1 Å². The number of hydrogen-bond donors (Lipinski definition) is 1. The van der Waals surface area contributed by atoms with E-state index in [1.807, 2.05) is 13.0 Å². The highest BCUT2D eigenvalue weighted by Gasteiger charge is 2.11. The Hall–Kier alpha value is -2.54. The Kier molecular flexibility index (Phi) is 7.47. The lowest BCUT2D eigenvalue weighted by atomic mass is 10.3. The third-order valence-electron chi connectivity index (χ3n) is 3.64. The maximum Gasteiger partial charge on any atom is 0.277 e. The number of para-hydroxylation sites is 2. The Balaban J connectivity index is 1.90. The van der Waals surface area contributed by atoms with E-state index in [2.05, 4.69) is 22.5 Å². The fourth-order valence-electron chi connectivity index (χ4n) is 2.25. The van der Waals surface area contributed by atoms with E-state index in [9.17, 15) is 4.79 Å². The summed E-state index contributed by atoms with van der Waals surface area (Å²) in [5.41, 5.74) is 3.86. The van der Waals surface area contributed by atoms with Gasteiger partial charge in [-0.15, -0.1) is 0 Å². The maximum atomic E-state index is 11.9. The zero-order valence-corrected chi connectivity index (χ0v) is 15.9. The molecule has 0 aliphatic rings. The molecule has 140 valence electrons. The Morgan fingerprint density at radius 3 is 2.81 bits per heavy atom. The van der Waals surface area contributed by atoms with Gasteiger partial charge in [-0.25, -0.2) is 5.43 Å². The van der Waals surface area contributed by atoms with Crippen molar-refractivity contribution in [1.82, 2.24) is 15.2 Å². The molecule has 0 unspecified atom stereocenters. The SMILES string of the molecule is CCCCn1nc(C)c(/C=N\NC(=O)COc2ccccc2OC)c1Cl. The monoisotopic (exact) mass is 378 g/mol. The van der Waals surface area contributed by atoms with Crippen molar-refractivity contribution in [2.45, 2.75) is 33.2 Å². The first kappa shape index (κ1) is 19.8. The topological polar surface area (TPSA) is 77.7 Å². The zero-order chi connectivity index (χ0) is 18.9. The number of benzene rings is 1. The van der Waals surface area contributed by atoms with Crippen molar-refractivity contribution in [2.75, 3.05) is 13.7 Å². The van der Waals surface area contributed by atoms with Crippen molar-refractivity contribution >= 4 is 23.7 Å². The lowest BCUT2D eigenvalue weighted by Gasteiger charge is -2.09. The van der Waals surface area contributed by atoms with Gasteiger partial charge in [0.2, 0.25) is 0 Å². The molecule has 1 aromatic carbocycles. The molecule has 1 heterocycles. The molecule has 0 fully saturated rings. The fourth-order valence-corrected chi connectivity index (χ4v) is 2.56. The van der Waals surface area contributed by atoms with Gasteiger partial charge in [0, 0.05) is 6.54 Å². The predicted octanol–water partition coefficient (Wildman–Crippen LogP) is 3.18. The normalized spacial score (nSPS) is 10.9. The number of ether oxygens (including phenoxy) is 2. The number of aromatic nitrogens is 2. The average Bonchev–Trinajstić information content (AvgIpc) is 2.92. The molecule has 2 aromatic rings. The minimum atomic E-state index is -0.390. The molecule has 0 aliphatic heterocycles. The molecule has 1 amide bonds. The Morgan fingerprint density at radius 2 is 2.12 bits per heavy atom. The molecule has 0 saturated carbocycles. The summed E-state index contributed by atoms with van der Waals surface area (Å²) in [4.78, 5) is 11.9. The van der Waals surface area contributed by atoms with Crippen molar-refractivity contribution in [3.05, 3.63) is 40.7 Å². The fraction of sp³-hybridized carbons (Fsp3) is 0.389. The van der Waals surface area contributed by atoms with Gasteiger partial charge < -0.3 is 9.47 Å². The quantitative estimate of drug-likeness (QED) is 0.537. The van der Waals surface area contributed by atoms with Gasteiger partial charge in [-0.3, -0.25) is 9.48 Å². The van der Waals surface area contributed by atoms with Gasteiger partial charge in [0.25, 0.3) is 5.91 Å². The second-order valence-electron chi connectivity index (χ2n) is 5.60. The van der Waals surface area contributed by atoms with Crippen LogP contribution in [0.2, 0.25) is 5.15 Å². The summed E-state index contributed by atoms with van der Waals surface area (Å²) < 4.78 is 12.3. The Morgan fingerprint density at radius 1 is 1.38 bits per heavy atom. The standard InChI is InChI=1S/C18H23ClN4O3/c1-4-5-10-23-18(19)14(13(2)22-23)11-20-21-17(24)12-26-16-9-7-6-8-15(16)25-3/h6-9,11H,4-5,10,12H2,1-3H3,(H,21,24)/b20-11-. The van der Waals surface area contributed by atoms with Gasteiger partial charge in [-0.05, 0) is 25.5 Å². The van der Waals surface area contributed by atoms with E-state index >= 15 is 0 Å². The summed E-state index contributed by atoms with van der Waals surface area (Å²) in [6.45, 7) is 4.53. The van der Waals surface area contributed by atoms with Gasteiger partial charge >= 0.3 is 0 Å². The summed E-state index contributed by atoms with van der Waals surface area (Å²) in [5.74, 6) is 0.662. The maximum absolute atomic E-state index is 11.9. The van der Waals surface area contributed by atoms with E-state index in [1.165, 1.54) is 6.21 Å². The van der Waals surface area contributed by atoms with Gasteiger partial charge in [-0.2, -0.15) is 10.2 Å². The number of carbonyl (C=O) groups excluding carboxylic acids is 1. The molecular formula is C18H23ClN4O3. The van der Waals surface area contributed by atoms with Crippen LogP contribution in [0.15, 0.2) is 29.4 Å². The van der Waals surface area contributed by atoms with E-state index in [4.69, 9.17) is 21.1 Å². The lowest BCUT2D eigenvalue weighted by Crippen LogP contribution is -2.24. The molecule has 0 saturated heterocycles. The summed E-state index contributed by atoms with van der Waals surface area (Å²) in [6.07, 6.45) is 3.55. The van der Waals surface area contributed by atoms with E-state index in [1.54, 1.807) is 30.0 Å². The largest absolute Gasteiger partial charge is 0.493 e. The van der Waals surface area contributed by atoms with Crippen LogP contribution in [0.4, 0.5) is 0 Å². The summed E-state index contributed by atoms with van der Waals surface area (Å²) in [5, 5.41) is 8.83. The van der Waals surface area contributed by atoms with E-state index in [0.717, 1.165) is 25.1 Å². The molecule has 0 radical (unpaired) electrons. The number of unbranched alkanes of at least 4 members (excludes halogenated alkanes) is 1. The minimum Gasteiger partial charge on any atom is -0.493 e. The molecule has 0 bridgehead atoms. The molecule has 8 heteroatoms. The van der Waals surface area contributed by atoms with Crippen LogP contribution in [0.3, 0.4) is 0 Å². The molecular weight excluding hydrogens is 356 g/mol. The van der Waals surface area contributed by atoms with Crippen LogP contribution < -0.4 is 14.9 Å². The number of hydrazone groups is 1. The molecule has 0 aliphatic carbocycles. The van der Waals surface area contributed by atoms with Crippen LogP contribution in [0, 0.1) is 6.92 Å². The van der Waals surface area contributed by atoms with Crippen LogP contribution in [0.1, 0.15) is 31.0 Å². The third-order valence-corrected chi connectivity index (χ3v) is 4.04. The predicted molar refractivity (Wildman–Crippen MR) is 101 cm³/mol. The van der Waals surface area contributed by atoms with Crippen LogP contribution >= 0.6 is 11.6 Å². The van der Waals surface area contributed by atoms with Gasteiger partial charge in [0.05, 0.1) is 24.6 Å². The number of nitrogens with zero attached hydrogens (tertiary/aromatic N) is 3. The lowest BCUT2D eigenvalue weighted by molar-refractivity contribution is -0.123. The number of rotatable bonds is 9. The second kappa shape index (κ2) is 9.82. The number of hydrogen-bond acceptors (Lipinski definition) is 5. The van der Waals surface area contributed by atoms with Crippen molar-refractivity contribution in [2.24, 2.45) is 5.10 Å². The van der Waals surface area contributed by atoms with E-state index in [-0.39, 0.29) is 12.5 Å². The number of nitrogens with one attached hydrogen (secondary N) is 1. The van der Waals surface area contributed by atoms with Gasteiger partial charge in [-0.1, -0.05) is 37.1 Å². The van der Waals surface area contributed by atoms with Crippen molar-refractivity contribution in [3.8, 4) is 11.5 Å². The minimum absolute atomic E-state index is 0.180. The molecule has 1 N–H and O–H groups in total. The first-order chi connectivity index (χ1) is 12.6. The smallest absolute Gasteiger partial charge is 0.277 e. The Bertz CT molecular complexity index is 774. The first-order valence-electron chi connectivity index (χ1n) is 8.37. The number of carbonyl (C=O) groups is 1. The van der Waals surface area contributed by atoms with Crippen molar-refractivity contribution in [1.29, 1.82) is 0 Å². The average molecular weight is 379 g/mol. The summed E-state index contributed by atoms with van der Waals surface area (Å²) in [7, 11) is 1.54. The number of amides is 1. The number of halogens is 1. The third kappa shape index (κ3) is 5.23. The first-order valence-corrected chi connectivity index (χ1v) is 8.75. The molecule has 0 atom stereocenters. The summed E-state index contributed by atoms with van der Waals surface area (Å²) >= 11 is 6.31. The Labute approximate surface area is 157 Å². The van der Waals surface area contributed by atoms with Gasteiger partial charge in [0.1, 0.15) is 5.15 Å². The van der Waals surface area contributed by atoms with Crippen molar-refractivity contribution < 1.29 is 14.3 Å². The highest BCUT2D eigenvalue weighted by molar-refractivity contribution is 6.32. The highest BCUT2D eigenvalue weighted by atomic mass is 35.5.